The van der Waals surface area contributed by atoms with Crippen molar-refractivity contribution in [2.45, 2.75) is 52.0 Å². The summed E-state index contributed by atoms with van der Waals surface area (Å²) in [6, 6.07) is 0.568. The lowest BCUT2D eigenvalue weighted by molar-refractivity contribution is 0.530. The van der Waals surface area contributed by atoms with E-state index in [0.717, 1.165) is 6.42 Å². The largest absolute Gasteiger partial charge is 0.313 e. The molecule has 0 aromatic carbocycles. The molecular weight excluding hydrogens is 222 g/mol. The number of hydrogen-bond acceptors (Lipinski definition) is 3. The molecule has 0 aromatic heterocycles. The van der Waals surface area contributed by atoms with E-state index in [1.54, 1.807) is 0 Å². The van der Waals surface area contributed by atoms with Crippen LogP contribution in [0.5, 0.6) is 0 Å². The first-order chi connectivity index (χ1) is 7.53. The Hall–Kier alpha value is -0.0900. The van der Waals surface area contributed by atoms with Gasteiger partial charge in [0.1, 0.15) is 0 Å². The summed E-state index contributed by atoms with van der Waals surface area (Å²) in [5.74, 6) is 0.931. The molecule has 0 heterocycles. The molecule has 1 rings (SSSR count). The van der Waals surface area contributed by atoms with E-state index < -0.39 is 9.84 Å². The van der Waals surface area contributed by atoms with Crippen LogP contribution >= 0.6 is 0 Å². The summed E-state index contributed by atoms with van der Waals surface area (Å²) >= 11 is 0. The Morgan fingerprint density at radius 2 is 1.94 bits per heavy atom. The third-order valence-corrected chi connectivity index (χ3v) is 5.34. The summed E-state index contributed by atoms with van der Waals surface area (Å²) in [5.41, 5.74) is 0. The first-order valence-electron chi connectivity index (χ1n) is 6.47. The number of rotatable bonds is 7. The summed E-state index contributed by atoms with van der Waals surface area (Å²) in [5, 5.41) is 3.35. The molecule has 0 spiro atoms. The van der Waals surface area contributed by atoms with E-state index in [1.807, 2.05) is 13.8 Å². The minimum Gasteiger partial charge on any atom is -0.313 e. The van der Waals surface area contributed by atoms with Gasteiger partial charge < -0.3 is 5.32 Å². The van der Waals surface area contributed by atoms with Crippen molar-refractivity contribution in [3.05, 3.63) is 0 Å². The summed E-state index contributed by atoms with van der Waals surface area (Å²) in [6.45, 7) is 4.67. The third-order valence-electron chi connectivity index (χ3n) is 3.44. The van der Waals surface area contributed by atoms with Crippen LogP contribution in [-0.4, -0.2) is 32.5 Å². The maximum absolute atomic E-state index is 11.7. The average Bonchev–Trinajstić information content (AvgIpc) is 2.69. The van der Waals surface area contributed by atoms with Gasteiger partial charge in [0.25, 0.3) is 0 Å². The minimum atomic E-state index is -2.85. The molecule has 3 nitrogen and oxygen atoms in total. The Morgan fingerprint density at radius 3 is 2.50 bits per heavy atom. The topological polar surface area (TPSA) is 46.2 Å². The predicted molar refractivity (Wildman–Crippen MR) is 68.4 cm³/mol. The van der Waals surface area contributed by atoms with Crippen LogP contribution in [0, 0.1) is 5.92 Å². The molecule has 1 saturated carbocycles. The minimum absolute atomic E-state index is 0.288. The molecule has 0 bridgehead atoms. The van der Waals surface area contributed by atoms with Crippen LogP contribution in [0.3, 0.4) is 0 Å². The SMILES string of the molecule is CCC(C)CS(=O)(=O)CCNC1CCCC1. The van der Waals surface area contributed by atoms with E-state index in [1.165, 1.54) is 25.7 Å². The molecular formula is C12H25NO2S. The van der Waals surface area contributed by atoms with Gasteiger partial charge in [-0.15, -0.1) is 0 Å². The van der Waals surface area contributed by atoms with Gasteiger partial charge in [0.15, 0.2) is 9.84 Å². The van der Waals surface area contributed by atoms with E-state index in [2.05, 4.69) is 5.32 Å². The summed E-state index contributed by atoms with van der Waals surface area (Å²) < 4.78 is 23.5. The molecule has 1 aliphatic rings. The Kier molecular flexibility index (Phi) is 5.76. The van der Waals surface area contributed by atoms with Crippen LogP contribution < -0.4 is 5.32 Å². The van der Waals surface area contributed by atoms with Crippen molar-refractivity contribution < 1.29 is 8.42 Å². The fraction of sp³-hybridized carbons (Fsp3) is 1.00. The lowest BCUT2D eigenvalue weighted by atomic mass is 10.2. The molecule has 96 valence electrons. The molecule has 0 aliphatic heterocycles. The highest BCUT2D eigenvalue weighted by atomic mass is 32.2. The van der Waals surface area contributed by atoms with E-state index >= 15 is 0 Å². The maximum Gasteiger partial charge on any atom is 0.151 e. The second-order valence-corrected chi connectivity index (χ2v) is 7.29. The smallest absolute Gasteiger partial charge is 0.151 e. The zero-order valence-electron chi connectivity index (χ0n) is 10.5. The zero-order valence-corrected chi connectivity index (χ0v) is 11.4. The van der Waals surface area contributed by atoms with Crippen LogP contribution in [0.1, 0.15) is 46.0 Å². The number of hydrogen-bond donors (Lipinski definition) is 1. The van der Waals surface area contributed by atoms with Crippen LogP contribution in [0.2, 0.25) is 0 Å². The molecule has 0 aromatic rings. The average molecular weight is 247 g/mol. The van der Waals surface area contributed by atoms with Gasteiger partial charge in [-0.2, -0.15) is 0 Å². The van der Waals surface area contributed by atoms with Crippen molar-refractivity contribution >= 4 is 9.84 Å². The van der Waals surface area contributed by atoms with Gasteiger partial charge in [0.05, 0.1) is 11.5 Å². The molecule has 1 N–H and O–H groups in total. The Morgan fingerprint density at radius 1 is 1.31 bits per heavy atom. The molecule has 1 fully saturated rings. The van der Waals surface area contributed by atoms with Crippen molar-refractivity contribution in [1.82, 2.24) is 5.32 Å². The molecule has 0 saturated heterocycles. The number of sulfone groups is 1. The molecule has 0 radical (unpaired) electrons. The Bertz CT molecular complexity index is 281. The van der Waals surface area contributed by atoms with Gasteiger partial charge in [-0.25, -0.2) is 8.42 Å². The normalized spacial score (nSPS) is 20.1. The Labute approximate surface area is 99.9 Å². The second kappa shape index (κ2) is 6.60. The van der Waals surface area contributed by atoms with Crippen molar-refractivity contribution in [3.63, 3.8) is 0 Å². The van der Waals surface area contributed by atoms with Crippen molar-refractivity contribution in [2.75, 3.05) is 18.1 Å². The van der Waals surface area contributed by atoms with E-state index in [4.69, 9.17) is 0 Å². The van der Waals surface area contributed by atoms with Crippen LogP contribution in [0.15, 0.2) is 0 Å². The quantitative estimate of drug-likeness (QED) is 0.748. The highest BCUT2D eigenvalue weighted by Crippen LogP contribution is 2.17. The maximum atomic E-state index is 11.7. The van der Waals surface area contributed by atoms with Gasteiger partial charge >= 0.3 is 0 Å². The first kappa shape index (κ1) is 14.0. The standard InChI is InChI=1S/C12H25NO2S/c1-3-11(2)10-16(14,15)9-8-13-12-6-4-5-7-12/h11-13H,3-10H2,1-2H3. The van der Waals surface area contributed by atoms with Crippen LogP contribution in [-0.2, 0) is 9.84 Å². The summed E-state index contributed by atoms with van der Waals surface area (Å²) in [6.07, 6.45) is 5.95. The molecule has 1 atom stereocenters. The lowest BCUT2D eigenvalue weighted by Crippen LogP contribution is -2.32. The molecule has 0 amide bonds. The van der Waals surface area contributed by atoms with Crippen molar-refractivity contribution in [1.29, 1.82) is 0 Å². The van der Waals surface area contributed by atoms with Gasteiger partial charge in [-0.1, -0.05) is 33.1 Å². The van der Waals surface area contributed by atoms with E-state index in [-0.39, 0.29) is 5.92 Å². The highest BCUT2D eigenvalue weighted by molar-refractivity contribution is 7.91. The van der Waals surface area contributed by atoms with Crippen LogP contribution in [0.4, 0.5) is 0 Å². The fourth-order valence-corrected chi connectivity index (χ4v) is 3.88. The van der Waals surface area contributed by atoms with E-state index in [0.29, 0.717) is 24.1 Å². The van der Waals surface area contributed by atoms with Crippen molar-refractivity contribution in [2.24, 2.45) is 5.92 Å². The molecule has 1 unspecified atom stereocenters. The Balaban J connectivity index is 2.19. The molecule has 4 heteroatoms. The summed E-state index contributed by atoms with van der Waals surface area (Å²) in [4.78, 5) is 0. The second-order valence-electron chi connectivity index (χ2n) is 5.06. The zero-order chi connectivity index (χ0) is 12.0. The van der Waals surface area contributed by atoms with Gasteiger partial charge in [0, 0.05) is 12.6 Å². The fourth-order valence-electron chi connectivity index (χ4n) is 2.18. The third kappa shape index (κ3) is 5.30. The first-order valence-corrected chi connectivity index (χ1v) is 8.29. The van der Waals surface area contributed by atoms with E-state index in [9.17, 15) is 8.42 Å². The van der Waals surface area contributed by atoms with Gasteiger partial charge in [-0.05, 0) is 18.8 Å². The molecule has 16 heavy (non-hydrogen) atoms. The highest BCUT2D eigenvalue weighted by Gasteiger charge is 2.17. The van der Waals surface area contributed by atoms with Gasteiger partial charge in [-0.3, -0.25) is 0 Å². The predicted octanol–water partition coefficient (Wildman–Crippen LogP) is 1.98. The van der Waals surface area contributed by atoms with Gasteiger partial charge in [0.2, 0.25) is 0 Å². The molecule has 1 aliphatic carbocycles. The lowest BCUT2D eigenvalue weighted by Gasteiger charge is -2.13. The summed E-state index contributed by atoms with van der Waals surface area (Å²) in [7, 11) is -2.85. The number of nitrogens with one attached hydrogen (secondary N) is 1. The monoisotopic (exact) mass is 247 g/mol. The van der Waals surface area contributed by atoms with Crippen LogP contribution in [0.25, 0.3) is 0 Å². The van der Waals surface area contributed by atoms with Crippen molar-refractivity contribution in [3.8, 4) is 0 Å².